The van der Waals surface area contributed by atoms with Gasteiger partial charge in [0.1, 0.15) is 11.3 Å². The number of hydrogen-bond donors (Lipinski definition) is 1. The summed E-state index contributed by atoms with van der Waals surface area (Å²) in [5, 5.41) is 8.85. The SMILES string of the molecule is Cc1cccn2c(C=O)c(C(=O)O)nc12. The van der Waals surface area contributed by atoms with Crippen molar-refractivity contribution >= 4 is 17.9 Å². The van der Waals surface area contributed by atoms with Crippen LogP contribution in [-0.4, -0.2) is 26.7 Å². The molecule has 0 saturated carbocycles. The van der Waals surface area contributed by atoms with E-state index >= 15 is 0 Å². The predicted octanol–water partition coefficient (Wildman–Crippen LogP) is 1.15. The third kappa shape index (κ3) is 1.28. The second-order valence-corrected chi connectivity index (χ2v) is 3.15. The van der Waals surface area contributed by atoms with Crippen LogP contribution in [0.25, 0.3) is 5.65 Å². The van der Waals surface area contributed by atoms with Crippen molar-refractivity contribution in [3.8, 4) is 0 Å². The van der Waals surface area contributed by atoms with Gasteiger partial charge in [-0.15, -0.1) is 0 Å². The van der Waals surface area contributed by atoms with Gasteiger partial charge < -0.3 is 5.11 Å². The van der Waals surface area contributed by atoms with Crippen LogP contribution in [0.2, 0.25) is 0 Å². The summed E-state index contributed by atoms with van der Waals surface area (Å²) in [5.41, 5.74) is 1.19. The Labute approximate surface area is 85.0 Å². The largest absolute Gasteiger partial charge is 0.476 e. The number of aldehydes is 1. The first-order chi connectivity index (χ1) is 7.15. The molecule has 5 heteroatoms. The van der Waals surface area contributed by atoms with E-state index in [1.807, 2.05) is 13.0 Å². The van der Waals surface area contributed by atoms with Crippen LogP contribution in [0.1, 0.15) is 26.5 Å². The maximum absolute atomic E-state index is 10.8. The van der Waals surface area contributed by atoms with Crippen LogP contribution >= 0.6 is 0 Å². The van der Waals surface area contributed by atoms with Gasteiger partial charge in [0.05, 0.1) is 0 Å². The minimum atomic E-state index is -1.19. The van der Waals surface area contributed by atoms with Crippen LogP contribution < -0.4 is 0 Å². The molecule has 0 aromatic carbocycles. The highest BCUT2D eigenvalue weighted by Crippen LogP contribution is 2.14. The number of carboxylic acid groups (broad SMARTS) is 1. The molecule has 0 aliphatic heterocycles. The van der Waals surface area contributed by atoms with Crippen LogP contribution in [0.4, 0.5) is 0 Å². The number of aryl methyl sites for hydroxylation is 1. The van der Waals surface area contributed by atoms with E-state index in [0.717, 1.165) is 5.56 Å². The first-order valence-electron chi connectivity index (χ1n) is 4.31. The first kappa shape index (κ1) is 9.39. The smallest absolute Gasteiger partial charge is 0.356 e. The van der Waals surface area contributed by atoms with Crippen LogP contribution in [0, 0.1) is 6.92 Å². The second-order valence-electron chi connectivity index (χ2n) is 3.15. The molecule has 1 N–H and O–H groups in total. The lowest BCUT2D eigenvalue weighted by Gasteiger charge is -1.96. The monoisotopic (exact) mass is 204 g/mol. The molecule has 2 heterocycles. The van der Waals surface area contributed by atoms with Gasteiger partial charge >= 0.3 is 5.97 Å². The minimum Gasteiger partial charge on any atom is -0.476 e. The summed E-state index contributed by atoms with van der Waals surface area (Å²) >= 11 is 0. The van der Waals surface area contributed by atoms with Gasteiger partial charge in [-0.05, 0) is 18.6 Å². The first-order valence-corrected chi connectivity index (χ1v) is 4.31. The molecule has 0 bridgehead atoms. The Morgan fingerprint density at radius 2 is 2.33 bits per heavy atom. The normalized spacial score (nSPS) is 10.5. The van der Waals surface area contributed by atoms with Gasteiger partial charge in [0.2, 0.25) is 0 Å². The lowest BCUT2D eigenvalue weighted by atomic mass is 10.3. The number of carboxylic acids is 1. The molecular weight excluding hydrogens is 196 g/mol. The molecule has 5 nitrogen and oxygen atoms in total. The molecule has 0 saturated heterocycles. The highest BCUT2D eigenvalue weighted by molar-refractivity contribution is 5.95. The number of fused-ring (bicyclic) bond motifs is 1. The topological polar surface area (TPSA) is 71.7 Å². The molecule has 0 radical (unpaired) electrons. The van der Waals surface area contributed by atoms with Gasteiger partial charge in [-0.25, -0.2) is 9.78 Å². The Kier molecular flexibility index (Phi) is 2.00. The van der Waals surface area contributed by atoms with Crippen molar-refractivity contribution in [1.82, 2.24) is 9.38 Å². The average Bonchev–Trinajstić information content (AvgIpc) is 2.57. The summed E-state index contributed by atoms with van der Waals surface area (Å²) in [7, 11) is 0. The van der Waals surface area contributed by atoms with Crippen LogP contribution in [-0.2, 0) is 0 Å². The third-order valence-electron chi connectivity index (χ3n) is 2.20. The Bertz CT molecular complexity index is 557. The van der Waals surface area contributed by atoms with E-state index in [1.54, 1.807) is 12.3 Å². The number of aromatic nitrogens is 2. The minimum absolute atomic E-state index is 0.0706. The number of aromatic carboxylic acids is 1. The summed E-state index contributed by atoms with van der Waals surface area (Å²) in [6, 6.07) is 3.55. The highest BCUT2D eigenvalue weighted by Gasteiger charge is 2.17. The Morgan fingerprint density at radius 3 is 2.93 bits per heavy atom. The number of carbonyl (C=O) groups is 2. The van der Waals surface area contributed by atoms with Crippen molar-refractivity contribution in [3.05, 3.63) is 35.3 Å². The van der Waals surface area contributed by atoms with Gasteiger partial charge in [-0.2, -0.15) is 0 Å². The molecule has 0 fully saturated rings. The average molecular weight is 204 g/mol. The molecule has 0 amide bonds. The molecule has 76 valence electrons. The van der Waals surface area contributed by atoms with Crippen LogP contribution in [0.3, 0.4) is 0 Å². The molecule has 0 aliphatic rings. The fourth-order valence-corrected chi connectivity index (χ4v) is 1.49. The van der Waals surface area contributed by atoms with E-state index in [4.69, 9.17) is 5.11 Å². The molecule has 0 atom stereocenters. The lowest BCUT2D eigenvalue weighted by molar-refractivity contribution is 0.0688. The fourth-order valence-electron chi connectivity index (χ4n) is 1.49. The van der Waals surface area contributed by atoms with Crippen molar-refractivity contribution in [2.45, 2.75) is 6.92 Å². The molecule has 0 unspecified atom stereocenters. The molecular formula is C10H8N2O3. The Hall–Kier alpha value is -2.17. The summed E-state index contributed by atoms with van der Waals surface area (Å²) in [6.07, 6.45) is 2.12. The van der Waals surface area contributed by atoms with Gasteiger partial charge in [0, 0.05) is 6.20 Å². The van der Waals surface area contributed by atoms with Crippen molar-refractivity contribution in [2.75, 3.05) is 0 Å². The third-order valence-corrected chi connectivity index (χ3v) is 2.20. The summed E-state index contributed by atoms with van der Waals surface area (Å²) in [4.78, 5) is 25.5. The number of imidazole rings is 1. The summed E-state index contributed by atoms with van der Waals surface area (Å²) in [6.45, 7) is 1.81. The lowest BCUT2D eigenvalue weighted by Crippen LogP contribution is -2.02. The van der Waals surface area contributed by atoms with Crippen molar-refractivity contribution < 1.29 is 14.7 Å². The van der Waals surface area contributed by atoms with Crippen molar-refractivity contribution in [3.63, 3.8) is 0 Å². The van der Waals surface area contributed by atoms with E-state index in [9.17, 15) is 9.59 Å². The van der Waals surface area contributed by atoms with Crippen molar-refractivity contribution in [1.29, 1.82) is 0 Å². The van der Waals surface area contributed by atoms with Crippen molar-refractivity contribution in [2.24, 2.45) is 0 Å². The van der Waals surface area contributed by atoms with Crippen LogP contribution in [0.15, 0.2) is 18.3 Å². The van der Waals surface area contributed by atoms with E-state index in [2.05, 4.69) is 4.98 Å². The molecule has 0 spiro atoms. The summed E-state index contributed by atoms with van der Waals surface area (Å²) < 4.78 is 1.48. The zero-order valence-corrected chi connectivity index (χ0v) is 7.97. The standard InChI is InChI=1S/C10H8N2O3/c1-6-3-2-4-12-7(5-13)8(10(14)15)11-9(6)12/h2-5H,1H3,(H,14,15). The van der Waals surface area contributed by atoms with Gasteiger partial charge in [-0.1, -0.05) is 6.07 Å². The van der Waals surface area contributed by atoms with Gasteiger partial charge in [-0.3, -0.25) is 9.20 Å². The Balaban J connectivity index is 2.90. The van der Waals surface area contributed by atoms with E-state index in [0.29, 0.717) is 11.9 Å². The summed E-state index contributed by atoms with van der Waals surface area (Å²) in [5.74, 6) is -1.19. The van der Waals surface area contributed by atoms with E-state index < -0.39 is 5.97 Å². The molecule has 15 heavy (non-hydrogen) atoms. The predicted molar refractivity (Wildman–Crippen MR) is 52.3 cm³/mol. The van der Waals surface area contributed by atoms with Gasteiger partial charge in [0.25, 0.3) is 0 Å². The van der Waals surface area contributed by atoms with E-state index in [-0.39, 0.29) is 11.4 Å². The second kappa shape index (κ2) is 3.20. The van der Waals surface area contributed by atoms with Gasteiger partial charge in [0.15, 0.2) is 12.0 Å². The zero-order chi connectivity index (χ0) is 11.0. The quantitative estimate of drug-likeness (QED) is 0.745. The number of carbonyl (C=O) groups excluding carboxylic acids is 1. The molecule has 0 aliphatic carbocycles. The number of rotatable bonds is 2. The molecule has 2 aromatic heterocycles. The van der Waals surface area contributed by atoms with Crippen LogP contribution in [0.5, 0.6) is 0 Å². The number of pyridine rings is 1. The molecule has 2 aromatic rings. The molecule has 2 rings (SSSR count). The number of hydrogen-bond acceptors (Lipinski definition) is 3. The maximum Gasteiger partial charge on any atom is 0.356 e. The Morgan fingerprint density at radius 1 is 1.60 bits per heavy atom. The fraction of sp³-hybridized carbons (Fsp3) is 0.100. The maximum atomic E-state index is 10.8. The number of nitrogens with zero attached hydrogens (tertiary/aromatic N) is 2. The van der Waals surface area contributed by atoms with E-state index in [1.165, 1.54) is 4.40 Å². The zero-order valence-electron chi connectivity index (χ0n) is 7.97. The highest BCUT2D eigenvalue weighted by atomic mass is 16.4.